The summed E-state index contributed by atoms with van der Waals surface area (Å²) in [5.74, 6) is 0.573. The molecule has 0 atom stereocenters. The van der Waals surface area contributed by atoms with Gasteiger partial charge in [0.15, 0.2) is 0 Å². The number of pyridine rings is 1. The summed E-state index contributed by atoms with van der Waals surface area (Å²) in [6.07, 6.45) is 1.52. The highest BCUT2D eigenvalue weighted by molar-refractivity contribution is 5.96. The molecule has 4 rings (SSSR count). The Bertz CT molecular complexity index is 1120. The van der Waals surface area contributed by atoms with Crippen molar-refractivity contribution in [3.63, 3.8) is 0 Å². The highest BCUT2D eigenvalue weighted by atomic mass is 16.3. The summed E-state index contributed by atoms with van der Waals surface area (Å²) < 4.78 is 5.28. The number of piperazine rings is 1. The molecule has 0 spiro atoms. The summed E-state index contributed by atoms with van der Waals surface area (Å²) in [6.45, 7) is 5.85. The number of hydrogen-bond acceptors (Lipinski definition) is 4. The molecule has 160 valence electrons. The van der Waals surface area contributed by atoms with Gasteiger partial charge >= 0.3 is 0 Å². The molecular formula is C24H25N3O4. The molecule has 1 fully saturated rings. The second-order valence-corrected chi connectivity index (χ2v) is 7.95. The van der Waals surface area contributed by atoms with Crippen LogP contribution in [0.15, 0.2) is 64.0 Å². The van der Waals surface area contributed by atoms with Gasteiger partial charge in [0.25, 0.3) is 17.4 Å². The van der Waals surface area contributed by atoms with Crippen LogP contribution in [-0.4, -0.2) is 52.8 Å². The van der Waals surface area contributed by atoms with Crippen molar-refractivity contribution in [1.82, 2.24) is 14.8 Å². The van der Waals surface area contributed by atoms with Gasteiger partial charge in [-0.25, -0.2) is 0 Å². The average Bonchev–Trinajstić information content (AvgIpc) is 3.33. The van der Waals surface area contributed by atoms with Crippen molar-refractivity contribution in [2.24, 2.45) is 0 Å². The van der Waals surface area contributed by atoms with Crippen LogP contribution in [0.5, 0.6) is 0 Å². The van der Waals surface area contributed by atoms with Crippen LogP contribution < -0.4 is 5.56 Å². The zero-order chi connectivity index (χ0) is 22.0. The van der Waals surface area contributed by atoms with E-state index in [2.05, 4.69) is 18.8 Å². The number of nitrogens with one attached hydrogen (secondary N) is 1. The third kappa shape index (κ3) is 4.30. The fourth-order valence-corrected chi connectivity index (χ4v) is 3.69. The van der Waals surface area contributed by atoms with E-state index in [0.717, 1.165) is 0 Å². The van der Waals surface area contributed by atoms with Gasteiger partial charge in [-0.2, -0.15) is 0 Å². The Morgan fingerprint density at radius 1 is 0.903 bits per heavy atom. The molecule has 1 saturated heterocycles. The van der Waals surface area contributed by atoms with Crippen LogP contribution in [0.25, 0.3) is 11.5 Å². The Morgan fingerprint density at radius 2 is 1.55 bits per heavy atom. The number of aromatic nitrogens is 1. The van der Waals surface area contributed by atoms with E-state index < -0.39 is 5.56 Å². The van der Waals surface area contributed by atoms with Crippen molar-refractivity contribution in [2.75, 3.05) is 26.2 Å². The number of amides is 2. The van der Waals surface area contributed by atoms with Crippen molar-refractivity contribution in [1.29, 1.82) is 0 Å². The molecular weight excluding hydrogens is 394 g/mol. The molecule has 1 aromatic carbocycles. The van der Waals surface area contributed by atoms with Crippen molar-refractivity contribution < 1.29 is 14.0 Å². The third-order valence-corrected chi connectivity index (χ3v) is 5.60. The lowest BCUT2D eigenvalue weighted by Gasteiger charge is -2.34. The van der Waals surface area contributed by atoms with Gasteiger partial charge in [0, 0.05) is 31.7 Å². The minimum Gasteiger partial charge on any atom is -0.463 e. The van der Waals surface area contributed by atoms with Gasteiger partial charge in [-0.3, -0.25) is 14.4 Å². The van der Waals surface area contributed by atoms with Crippen LogP contribution in [-0.2, 0) is 0 Å². The Labute approximate surface area is 180 Å². The topological polar surface area (TPSA) is 86.6 Å². The summed E-state index contributed by atoms with van der Waals surface area (Å²) in [6, 6.07) is 14.3. The molecule has 1 aliphatic rings. The Morgan fingerprint density at radius 3 is 2.10 bits per heavy atom. The number of H-pyrrole nitrogens is 1. The lowest BCUT2D eigenvalue weighted by atomic mass is 10.0. The molecule has 1 N–H and O–H groups in total. The van der Waals surface area contributed by atoms with Crippen LogP contribution >= 0.6 is 0 Å². The standard InChI is InChI=1S/C24H25N3O4/c1-16(2)17-5-7-18(8-6-17)23(29)26-11-13-27(14-12-26)24(30)19-9-10-20(25-22(19)28)21-4-3-15-31-21/h3-10,15-16H,11-14H2,1-2H3,(H,25,28). The van der Waals surface area contributed by atoms with Crippen LogP contribution in [0.1, 0.15) is 46.0 Å². The number of carbonyl (C=O) groups is 2. The van der Waals surface area contributed by atoms with Gasteiger partial charge in [-0.05, 0) is 47.9 Å². The Balaban J connectivity index is 1.40. The maximum atomic E-state index is 12.8. The molecule has 31 heavy (non-hydrogen) atoms. The SMILES string of the molecule is CC(C)c1ccc(C(=O)N2CCN(C(=O)c3ccc(-c4ccco4)[nH]c3=O)CC2)cc1. The van der Waals surface area contributed by atoms with Gasteiger partial charge in [-0.1, -0.05) is 26.0 Å². The molecule has 3 heterocycles. The zero-order valence-electron chi connectivity index (χ0n) is 17.6. The van der Waals surface area contributed by atoms with E-state index >= 15 is 0 Å². The number of rotatable bonds is 4. The van der Waals surface area contributed by atoms with Crippen molar-refractivity contribution in [2.45, 2.75) is 19.8 Å². The van der Waals surface area contributed by atoms with Gasteiger partial charge < -0.3 is 19.2 Å². The normalized spacial score (nSPS) is 14.2. The summed E-state index contributed by atoms with van der Waals surface area (Å²) in [5, 5.41) is 0. The fraction of sp³-hybridized carbons (Fsp3) is 0.292. The number of furan rings is 1. The first-order chi connectivity index (χ1) is 14.9. The maximum Gasteiger partial charge on any atom is 0.261 e. The number of aromatic amines is 1. The molecule has 7 heteroatoms. The molecule has 0 radical (unpaired) electrons. The van der Waals surface area contributed by atoms with Crippen LogP contribution in [0.4, 0.5) is 0 Å². The van der Waals surface area contributed by atoms with Crippen LogP contribution in [0.2, 0.25) is 0 Å². The first kappa shape index (κ1) is 20.7. The fourth-order valence-electron chi connectivity index (χ4n) is 3.69. The van der Waals surface area contributed by atoms with E-state index in [0.29, 0.717) is 49.1 Å². The minimum atomic E-state index is -0.456. The van der Waals surface area contributed by atoms with Crippen LogP contribution in [0, 0.1) is 0 Å². The van der Waals surface area contributed by atoms with Crippen molar-refractivity contribution in [3.05, 3.63) is 81.8 Å². The second kappa shape index (κ2) is 8.63. The van der Waals surface area contributed by atoms with E-state index in [1.807, 2.05) is 24.3 Å². The second-order valence-electron chi connectivity index (χ2n) is 7.95. The number of benzene rings is 1. The van der Waals surface area contributed by atoms with E-state index in [4.69, 9.17) is 4.42 Å². The maximum absolute atomic E-state index is 12.8. The number of carbonyl (C=O) groups excluding carboxylic acids is 2. The van der Waals surface area contributed by atoms with Crippen LogP contribution in [0.3, 0.4) is 0 Å². The molecule has 3 aromatic rings. The molecule has 2 amide bonds. The van der Waals surface area contributed by atoms with Gasteiger partial charge in [0.05, 0.1) is 12.0 Å². The van der Waals surface area contributed by atoms with E-state index in [-0.39, 0.29) is 17.4 Å². The monoisotopic (exact) mass is 419 g/mol. The Hall–Kier alpha value is -3.61. The minimum absolute atomic E-state index is 0.0388. The smallest absolute Gasteiger partial charge is 0.261 e. The number of hydrogen-bond donors (Lipinski definition) is 1. The van der Waals surface area contributed by atoms with E-state index in [1.54, 1.807) is 28.0 Å². The summed E-state index contributed by atoms with van der Waals surface area (Å²) in [7, 11) is 0. The molecule has 0 bridgehead atoms. The summed E-state index contributed by atoms with van der Waals surface area (Å²) >= 11 is 0. The largest absolute Gasteiger partial charge is 0.463 e. The van der Waals surface area contributed by atoms with E-state index in [1.165, 1.54) is 17.9 Å². The Kier molecular flexibility index (Phi) is 5.75. The summed E-state index contributed by atoms with van der Waals surface area (Å²) in [4.78, 5) is 44.1. The zero-order valence-corrected chi connectivity index (χ0v) is 17.6. The predicted molar refractivity (Wildman–Crippen MR) is 117 cm³/mol. The lowest BCUT2D eigenvalue weighted by Crippen LogP contribution is -2.51. The van der Waals surface area contributed by atoms with Gasteiger partial charge in [0.2, 0.25) is 0 Å². The molecule has 0 unspecified atom stereocenters. The molecule has 2 aromatic heterocycles. The van der Waals surface area contributed by atoms with Gasteiger partial charge in [-0.15, -0.1) is 0 Å². The highest BCUT2D eigenvalue weighted by Crippen LogP contribution is 2.18. The first-order valence-corrected chi connectivity index (χ1v) is 10.4. The molecule has 0 saturated carbocycles. The first-order valence-electron chi connectivity index (χ1n) is 10.4. The van der Waals surface area contributed by atoms with Crippen molar-refractivity contribution >= 4 is 11.8 Å². The highest BCUT2D eigenvalue weighted by Gasteiger charge is 2.27. The van der Waals surface area contributed by atoms with E-state index in [9.17, 15) is 14.4 Å². The summed E-state index contributed by atoms with van der Waals surface area (Å²) in [5.41, 5.74) is 1.98. The molecule has 7 nitrogen and oxygen atoms in total. The molecule has 1 aliphatic heterocycles. The third-order valence-electron chi connectivity index (χ3n) is 5.60. The van der Waals surface area contributed by atoms with Crippen molar-refractivity contribution in [3.8, 4) is 11.5 Å². The quantitative estimate of drug-likeness (QED) is 0.703. The molecule has 0 aliphatic carbocycles. The average molecular weight is 419 g/mol. The lowest BCUT2D eigenvalue weighted by molar-refractivity contribution is 0.0534. The predicted octanol–water partition coefficient (Wildman–Crippen LogP) is 3.36. The van der Waals surface area contributed by atoms with Gasteiger partial charge in [0.1, 0.15) is 11.3 Å². The number of nitrogens with zero attached hydrogens (tertiary/aromatic N) is 2.